The number of aryl methyl sites for hydroxylation is 1. The fourth-order valence-electron chi connectivity index (χ4n) is 3.28. The Morgan fingerprint density at radius 3 is 2.28 bits per heavy atom. The number of nitrogens with zero attached hydrogens (tertiary/aromatic N) is 2. The number of carbonyl (C=O) groups excluding carboxylic acids is 1. The quantitative estimate of drug-likeness (QED) is 0.134. The summed E-state index contributed by atoms with van der Waals surface area (Å²) in [6.45, 7) is 2.02. The second-order valence-electron chi connectivity index (χ2n) is 7.24. The number of benzene rings is 3. The molecule has 0 saturated carbocycles. The van der Waals surface area contributed by atoms with Crippen LogP contribution in [-0.2, 0) is 0 Å². The Balaban J connectivity index is 1.48. The molecular formula is C26H21IN4O. The van der Waals surface area contributed by atoms with Gasteiger partial charge in [0.05, 0.1) is 34.2 Å². The van der Waals surface area contributed by atoms with Crippen molar-refractivity contribution in [3.8, 4) is 11.3 Å². The number of hydrogen-bond donors (Lipinski definition) is 2. The van der Waals surface area contributed by atoms with E-state index in [1.165, 1.54) is 0 Å². The van der Waals surface area contributed by atoms with Crippen LogP contribution >= 0.6 is 22.9 Å². The lowest BCUT2D eigenvalue weighted by Gasteiger charge is -2.17. The van der Waals surface area contributed by atoms with Crippen LogP contribution in [0.2, 0.25) is 0 Å². The van der Waals surface area contributed by atoms with Gasteiger partial charge in [-0.1, -0.05) is 42.5 Å². The Morgan fingerprint density at radius 1 is 0.906 bits per heavy atom. The molecular weight excluding hydrogens is 511 g/mol. The summed E-state index contributed by atoms with van der Waals surface area (Å²) in [5.41, 5.74) is 5.82. The molecule has 0 radical (unpaired) electrons. The zero-order chi connectivity index (χ0) is 22.5. The average Bonchev–Trinajstić information content (AvgIpc) is 2.85. The molecule has 0 atom stereocenters. The SMILES string of the molecule is Cc1ccc(NC(=O)c2ccc(C(=N)N(I)c3ccccc3)cc2)cc1-c1ccccn1. The van der Waals surface area contributed by atoms with Gasteiger partial charge in [-0.15, -0.1) is 0 Å². The summed E-state index contributed by atoms with van der Waals surface area (Å²) in [5, 5.41) is 11.4. The summed E-state index contributed by atoms with van der Waals surface area (Å²) >= 11 is 2.11. The topological polar surface area (TPSA) is 69.1 Å². The van der Waals surface area contributed by atoms with Gasteiger partial charge in [0.2, 0.25) is 0 Å². The fraction of sp³-hybridized carbons (Fsp3) is 0.0385. The second-order valence-corrected chi connectivity index (χ2v) is 8.21. The minimum absolute atomic E-state index is 0.201. The molecule has 1 amide bonds. The van der Waals surface area contributed by atoms with Gasteiger partial charge in [-0.3, -0.25) is 18.3 Å². The van der Waals surface area contributed by atoms with Crippen LogP contribution in [0, 0.1) is 12.3 Å². The van der Waals surface area contributed by atoms with Crippen molar-refractivity contribution in [2.45, 2.75) is 6.92 Å². The lowest BCUT2D eigenvalue weighted by atomic mass is 10.0. The first-order valence-electron chi connectivity index (χ1n) is 10.1. The maximum atomic E-state index is 12.8. The largest absolute Gasteiger partial charge is 0.322 e. The van der Waals surface area contributed by atoms with Crippen molar-refractivity contribution < 1.29 is 4.79 Å². The average molecular weight is 532 g/mol. The van der Waals surface area contributed by atoms with E-state index in [9.17, 15) is 4.79 Å². The van der Waals surface area contributed by atoms with E-state index in [0.717, 1.165) is 28.1 Å². The zero-order valence-corrected chi connectivity index (χ0v) is 19.6. The molecule has 6 heteroatoms. The van der Waals surface area contributed by atoms with Crippen molar-refractivity contribution in [3.63, 3.8) is 0 Å². The summed E-state index contributed by atoms with van der Waals surface area (Å²) in [6, 6.07) is 28.3. The summed E-state index contributed by atoms with van der Waals surface area (Å²) in [4.78, 5) is 17.2. The van der Waals surface area contributed by atoms with Crippen LogP contribution < -0.4 is 8.43 Å². The Bertz CT molecular complexity index is 1240. The van der Waals surface area contributed by atoms with Gasteiger partial charge in [0.25, 0.3) is 5.91 Å². The lowest BCUT2D eigenvalue weighted by Crippen LogP contribution is -2.20. The van der Waals surface area contributed by atoms with Gasteiger partial charge in [0, 0.05) is 28.6 Å². The number of nitrogens with one attached hydrogen (secondary N) is 2. The second kappa shape index (κ2) is 9.74. The number of carbonyl (C=O) groups is 1. The van der Waals surface area contributed by atoms with E-state index in [4.69, 9.17) is 5.41 Å². The smallest absolute Gasteiger partial charge is 0.255 e. The van der Waals surface area contributed by atoms with Gasteiger partial charge in [-0.25, -0.2) is 0 Å². The van der Waals surface area contributed by atoms with E-state index < -0.39 is 0 Å². The zero-order valence-electron chi connectivity index (χ0n) is 17.4. The normalized spacial score (nSPS) is 10.4. The van der Waals surface area contributed by atoms with Crippen LogP contribution in [0.25, 0.3) is 11.3 Å². The molecule has 3 aromatic carbocycles. The lowest BCUT2D eigenvalue weighted by molar-refractivity contribution is 0.102. The molecule has 2 N–H and O–H groups in total. The minimum atomic E-state index is -0.201. The molecule has 0 saturated heterocycles. The highest BCUT2D eigenvalue weighted by molar-refractivity contribution is 14.1. The Hall–Kier alpha value is -3.52. The van der Waals surface area contributed by atoms with Gasteiger partial charge in [0.15, 0.2) is 0 Å². The van der Waals surface area contributed by atoms with Crippen LogP contribution in [-0.4, -0.2) is 16.7 Å². The van der Waals surface area contributed by atoms with Gasteiger partial charge >= 0.3 is 0 Å². The van der Waals surface area contributed by atoms with Crippen LogP contribution in [0.5, 0.6) is 0 Å². The molecule has 0 aliphatic heterocycles. The Labute approximate surface area is 201 Å². The third kappa shape index (κ3) is 4.86. The number of amidine groups is 1. The van der Waals surface area contributed by atoms with Crippen molar-refractivity contribution >= 4 is 46.0 Å². The van der Waals surface area contributed by atoms with Crippen molar-refractivity contribution in [3.05, 3.63) is 114 Å². The van der Waals surface area contributed by atoms with E-state index in [2.05, 4.69) is 33.2 Å². The molecule has 0 bridgehead atoms. The highest BCUT2D eigenvalue weighted by Gasteiger charge is 2.13. The molecule has 4 aromatic rings. The Morgan fingerprint density at radius 2 is 1.59 bits per heavy atom. The summed E-state index contributed by atoms with van der Waals surface area (Å²) in [7, 11) is 0. The van der Waals surface area contributed by atoms with Crippen molar-refractivity contribution in [2.24, 2.45) is 0 Å². The van der Waals surface area contributed by atoms with E-state index in [0.29, 0.717) is 17.1 Å². The molecule has 0 spiro atoms. The first-order valence-corrected chi connectivity index (χ1v) is 11.0. The van der Waals surface area contributed by atoms with Gasteiger partial charge < -0.3 is 5.32 Å². The van der Waals surface area contributed by atoms with Crippen LogP contribution in [0.3, 0.4) is 0 Å². The fourth-order valence-corrected chi connectivity index (χ4v) is 3.88. The molecule has 0 fully saturated rings. The number of amides is 1. The maximum absolute atomic E-state index is 12.8. The van der Waals surface area contributed by atoms with Crippen LogP contribution in [0.1, 0.15) is 21.5 Å². The molecule has 1 heterocycles. The molecule has 5 nitrogen and oxygen atoms in total. The number of para-hydroxylation sites is 1. The number of halogens is 1. The number of pyridine rings is 1. The van der Waals surface area contributed by atoms with E-state index in [1.54, 1.807) is 33.6 Å². The third-order valence-corrected chi connectivity index (χ3v) is 6.08. The number of hydrogen-bond acceptors (Lipinski definition) is 3. The first-order chi connectivity index (χ1) is 15.5. The van der Waals surface area contributed by atoms with Crippen LogP contribution in [0.4, 0.5) is 11.4 Å². The number of rotatable bonds is 5. The van der Waals surface area contributed by atoms with Crippen molar-refractivity contribution in [1.29, 1.82) is 5.41 Å². The summed E-state index contributed by atoms with van der Waals surface area (Å²) in [5.74, 6) is 0.149. The Kier molecular flexibility index (Phi) is 6.61. The minimum Gasteiger partial charge on any atom is -0.322 e. The maximum Gasteiger partial charge on any atom is 0.255 e. The van der Waals surface area contributed by atoms with E-state index >= 15 is 0 Å². The molecule has 32 heavy (non-hydrogen) atoms. The standard InChI is InChI=1S/C26H21IN4O/c1-18-10-15-21(17-23(18)24-9-5-6-16-29-24)30-26(32)20-13-11-19(12-14-20)25(28)31(27)22-7-3-2-4-8-22/h2-17,28H,1H3,(H,30,32). The van der Waals surface area contributed by atoms with E-state index in [-0.39, 0.29) is 5.91 Å². The number of anilines is 2. The van der Waals surface area contributed by atoms with Crippen molar-refractivity contribution in [2.75, 3.05) is 8.43 Å². The monoisotopic (exact) mass is 532 g/mol. The summed E-state index contributed by atoms with van der Waals surface area (Å²) < 4.78 is 1.78. The predicted molar refractivity (Wildman–Crippen MR) is 139 cm³/mol. The van der Waals surface area contributed by atoms with Gasteiger partial charge in [-0.2, -0.15) is 0 Å². The van der Waals surface area contributed by atoms with E-state index in [1.807, 2.05) is 73.7 Å². The summed E-state index contributed by atoms with van der Waals surface area (Å²) in [6.07, 6.45) is 1.76. The molecule has 0 unspecified atom stereocenters. The molecule has 0 aliphatic rings. The third-order valence-electron chi connectivity index (χ3n) is 5.04. The predicted octanol–water partition coefficient (Wildman–Crippen LogP) is 6.49. The van der Waals surface area contributed by atoms with Gasteiger partial charge in [-0.05, 0) is 61.0 Å². The van der Waals surface area contributed by atoms with Crippen LogP contribution in [0.15, 0.2) is 97.2 Å². The number of aromatic nitrogens is 1. The molecule has 0 aliphatic carbocycles. The highest BCUT2D eigenvalue weighted by Crippen LogP contribution is 2.25. The molecule has 4 rings (SSSR count). The molecule has 158 valence electrons. The van der Waals surface area contributed by atoms with Gasteiger partial charge in [0.1, 0.15) is 5.84 Å². The molecule has 1 aromatic heterocycles. The van der Waals surface area contributed by atoms with Crippen molar-refractivity contribution in [1.82, 2.24) is 4.98 Å². The highest BCUT2D eigenvalue weighted by atomic mass is 127. The first kappa shape index (κ1) is 21.7.